The second-order valence-corrected chi connectivity index (χ2v) is 31.4. The van der Waals surface area contributed by atoms with Crippen LogP contribution in [0.15, 0.2) is 196 Å². The molecule has 8 rings (SSSR count). The third-order valence-corrected chi connectivity index (χ3v) is 21.0. The number of nitrogens with one attached hydrogen (secondary N) is 2. The molecule has 578 valence electrons. The van der Waals surface area contributed by atoms with E-state index in [2.05, 4.69) is 36.1 Å². The van der Waals surface area contributed by atoms with E-state index in [-0.39, 0.29) is 123 Å². The van der Waals surface area contributed by atoms with Crippen LogP contribution in [0.3, 0.4) is 0 Å². The third kappa shape index (κ3) is 25.3. The Bertz CT molecular complexity index is 3540. The number of allylic oxidation sites excluding steroid dienone is 1. The zero-order chi connectivity index (χ0) is 76.6. The molecule has 2 heterocycles. The van der Waals surface area contributed by atoms with Crippen LogP contribution >= 0.6 is 0 Å². The van der Waals surface area contributed by atoms with Gasteiger partial charge in [0.05, 0.1) is 101 Å². The standard InChI is InChI=1S/2C37H42F6N2O4S.C3H5.CH4.BrH.Mg/c2*1-6-17-34(44-50(47)33(3,4)5)18-19-35(29-15-11-8-12-16-29,45(24-34)32(46)48-23-27-13-9-7-10-14-27)25-49-26(2)28-20-30(36(38,39)40)22-31(21-28)37(41,42)43;1-3-2;;;/h2*6-16,20-22,26,44H,1,17-19,23-25H2,2-5H3;3H,1-2H2;1H4;1H;/q;;-1;;;+2/p-1/t26-,34+,35-,50?;26-,34-,35-,50?;;;;/m11..../s1. The van der Waals surface area contributed by atoms with Crippen molar-refractivity contribution < 1.29 is 107 Å². The van der Waals surface area contributed by atoms with Gasteiger partial charge < -0.3 is 35.9 Å². The fourth-order valence-corrected chi connectivity index (χ4v) is 13.7. The van der Waals surface area contributed by atoms with Crippen molar-refractivity contribution in [2.45, 2.75) is 183 Å². The van der Waals surface area contributed by atoms with Crippen molar-refractivity contribution in [2.75, 3.05) is 26.3 Å². The number of hydrogen-bond donors (Lipinski definition) is 2. The van der Waals surface area contributed by atoms with Gasteiger partial charge in [-0.25, -0.2) is 47.0 Å². The molecule has 2 fully saturated rings. The summed E-state index contributed by atoms with van der Waals surface area (Å²) in [6.45, 7) is 27.1. The predicted octanol–water partition coefficient (Wildman–Crippen LogP) is 17.3. The molecule has 106 heavy (non-hydrogen) atoms. The average Bonchev–Trinajstić information content (AvgIpc) is 0.746. The van der Waals surface area contributed by atoms with Crippen LogP contribution < -0.4 is 26.4 Å². The predicted molar refractivity (Wildman–Crippen MR) is 388 cm³/mol. The summed E-state index contributed by atoms with van der Waals surface area (Å²) < 4.78 is 220. The summed E-state index contributed by atoms with van der Waals surface area (Å²) in [5.41, 5.74) is -8.18. The molecule has 6 aromatic carbocycles. The minimum Gasteiger partial charge on any atom is -1.00 e. The molecule has 2 aliphatic heterocycles. The van der Waals surface area contributed by atoms with Crippen LogP contribution in [0, 0.1) is 6.92 Å². The number of benzene rings is 6. The van der Waals surface area contributed by atoms with Gasteiger partial charge in [-0.05, 0) is 164 Å². The number of amides is 2. The minimum absolute atomic E-state index is 0. The van der Waals surface area contributed by atoms with Gasteiger partial charge in [-0.2, -0.15) is 52.7 Å². The van der Waals surface area contributed by atoms with Crippen LogP contribution in [-0.2, 0) is 89.9 Å². The third-order valence-electron chi connectivity index (χ3n) is 17.6. The first kappa shape index (κ1) is 93.7. The van der Waals surface area contributed by atoms with Gasteiger partial charge >= 0.3 is 59.9 Å². The quantitative estimate of drug-likeness (QED) is 0.0297. The van der Waals surface area contributed by atoms with E-state index in [1.165, 1.54) is 29.7 Å². The molecule has 2 aliphatic rings. The summed E-state index contributed by atoms with van der Waals surface area (Å²) in [6, 6.07) is 38.4. The molecule has 8 atom stereocenters. The topological polar surface area (TPSA) is 136 Å². The Morgan fingerprint density at radius 2 is 0.764 bits per heavy atom. The average molecular weight is 1610 g/mol. The fourth-order valence-electron chi connectivity index (χ4n) is 11.8. The Labute approximate surface area is 646 Å². The van der Waals surface area contributed by atoms with Crippen molar-refractivity contribution in [1.29, 1.82) is 0 Å². The van der Waals surface area contributed by atoms with Gasteiger partial charge in [-0.15, -0.1) is 13.2 Å². The van der Waals surface area contributed by atoms with E-state index in [0.717, 1.165) is 11.1 Å². The van der Waals surface area contributed by atoms with E-state index in [4.69, 9.17) is 18.9 Å². The number of carbonyl (C=O) groups is 2. The molecule has 6 aromatic rings. The first-order valence-electron chi connectivity index (χ1n) is 32.9. The van der Waals surface area contributed by atoms with Gasteiger partial charge in [-0.3, -0.25) is 9.80 Å². The smallest absolute Gasteiger partial charge is 1.00 e. The Morgan fingerprint density at radius 3 is 1.01 bits per heavy atom. The summed E-state index contributed by atoms with van der Waals surface area (Å²) in [5.74, 6) is 0. The molecule has 12 nitrogen and oxygen atoms in total. The first-order chi connectivity index (χ1) is 48.0. The maximum absolute atomic E-state index is 14.2. The van der Waals surface area contributed by atoms with Gasteiger partial charge in [-0.1, -0.05) is 141 Å². The summed E-state index contributed by atoms with van der Waals surface area (Å²) in [5, 5.41) is 0. The van der Waals surface area contributed by atoms with Crippen LogP contribution in [0.2, 0.25) is 0 Å². The number of piperidine rings is 2. The monoisotopic (exact) mass is 1610 g/mol. The van der Waals surface area contributed by atoms with E-state index in [0.29, 0.717) is 61.1 Å². The number of alkyl halides is 12. The van der Waals surface area contributed by atoms with E-state index < -0.39 is 125 Å². The van der Waals surface area contributed by atoms with Gasteiger partial charge in [0.2, 0.25) is 0 Å². The van der Waals surface area contributed by atoms with Crippen molar-refractivity contribution in [2.24, 2.45) is 0 Å². The summed E-state index contributed by atoms with van der Waals surface area (Å²) >= 11 is 0. The van der Waals surface area contributed by atoms with E-state index >= 15 is 0 Å². The molecular weight excluding hydrogens is 1520 g/mol. The largest absolute Gasteiger partial charge is 2.00 e. The van der Waals surface area contributed by atoms with E-state index in [9.17, 15) is 70.7 Å². The van der Waals surface area contributed by atoms with Crippen molar-refractivity contribution in [1.82, 2.24) is 19.2 Å². The Balaban J connectivity index is 0.000000516. The van der Waals surface area contributed by atoms with E-state index in [1.54, 1.807) is 121 Å². The van der Waals surface area contributed by atoms with Crippen LogP contribution in [0.4, 0.5) is 62.3 Å². The molecule has 0 spiro atoms. The van der Waals surface area contributed by atoms with Crippen LogP contribution in [0.5, 0.6) is 0 Å². The summed E-state index contributed by atoms with van der Waals surface area (Å²) in [7, 11) is -3.11. The number of rotatable bonds is 22. The van der Waals surface area contributed by atoms with Crippen LogP contribution in [-0.4, -0.2) is 100 Å². The van der Waals surface area contributed by atoms with Crippen LogP contribution in [0.1, 0.15) is 169 Å². The fraction of sp³-hybridized carbons (Fsp3) is 0.423. The van der Waals surface area contributed by atoms with Gasteiger partial charge in [0.1, 0.15) is 13.2 Å². The molecule has 0 bridgehead atoms. The maximum Gasteiger partial charge on any atom is 2.00 e. The first-order valence-corrected chi connectivity index (χ1v) is 35.2. The summed E-state index contributed by atoms with van der Waals surface area (Å²) in [6.07, 6.45) is -17.4. The van der Waals surface area contributed by atoms with Crippen molar-refractivity contribution in [3.05, 3.63) is 258 Å². The molecular formula is C78H93BrF12MgN4O8S2. The Morgan fingerprint density at radius 1 is 0.500 bits per heavy atom. The molecule has 2 amide bonds. The molecule has 0 saturated carbocycles. The number of halogens is 13. The second kappa shape index (κ2) is 39.2. The van der Waals surface area contributed by atoms with Crippen molar-refractivity contribution in [3.63, 3.8) is 0 Å². The number of nitrogens with zero attached hydrogens (tertiary/aromatic N) is 2. The SMILES string of the molecule is C.C=CC[C@@]1(NS(=O)C(C)(C)C)CC[C@@](CO[C@H](C)c2cc(C(F)(F)F)cc(C(F)(F)F)c2)(c2ccccc2)N(C(=O)OCc2ccccc2)C1.C=CC[C@]1(NS(=O)C(C)(C)C)CC[C@@](CO[C@H](C)c2cc(C(F)(F)F)cc(C(F)(F)F)c2)(c2ccccc2)N(C(=O)OCc2ccccc2)C1.C=C[CH2-].[Br-].[Mg+2]. The van der Waals surface area contributed by atoms with Crippen molar-refractivity contribution >= 4 is 57.2 Å². The van der Waals surface area contributed by atoms with E-state index in [1.807, 2.05) is 53.7 Å². The van der Waals surface area contributed by atoms with Gasteiger partial charge in [0.25, 0.3) is 0 Å². The molecule has 0 aromatic heterocycles. The molecule has 0 radical (unpaired) electrons. The zero-order valence-corrected chi connectivity index (χ0v) is 64.4. The number of carbonyl (C=O) groups excluding carboxylic acids is 2. The van der Waals surface area contributed by atoms with Crippen LogP contribution in [0.25, 0.3) is 0 Å². The maximum atomic E-state index is 14.2. The molecule has 0 aliphatic carbocycles. The normalized spacial score (nSPS) is 20.3. The Kier molecular flexibility index (Phi) is 34.7. The molecule has 2 unspecified atom stereocenters. The van der Waals surface area contributed by atoms with Crippen molar-refractivity contribution in [3.8, 4) is 0 Å². The number of likely N-dealkylation sites (tertiary alicyclic amines) is 2. The number of hydrogen-bond acceptors (Lipinski definition) is 8. The molecule has 28 heteroatoms. The van der Waals surface area contributed by atoms with Gasteiger partial charge in [0.15, 0.2) is 0 Å². The second-order valence-electron chi connectivity index (χ2n) is 27.4. The summed E-state index contributed by atoms with van der Waals surface area (Å²) in [4.78, 5) is 31.4. The number of ether oxygens (including phenoxy) is 4. The van der Waals surface area contributed by atoms with Gasteiger partial charge in [0, 0.05) is 13.1 Å². The molecule has 2 saturated heterocycles. The Hall–Kier alpha value is -6.50. The molecule has 2 N–H and O–H groups in total. The zero-order valence-electron chi connectivity index (χ0n) is 59.8. The minimum atomic E-state index is -5.03.